The van der Waals surface area contributed by atoms with Crippen LogP contribution in [0.5, 0.6) is 0 Å². The van der Waals surface area contributed by atoms with Gasteiger partial charge in [0.15, 0.2) is 0 Å². The third kappa shape index (κ3) is 5.48. The van der Waals surface area contributed by atoms with Crippen LogP contribution < -0.4 is 5.32 Å². The first-order valence-corrected chi connectivity index (χ1v) is 6.25. The van der Waals surface area contributed by atoms with Gasteiger partial charge >= 0.3 is 0 Å². The van der Waals surface area contributed by atoms with Crippen LogP contribution in [0.1, 0.15) is 6.92 Å². The van der Waals surface area contributed by atoms with Gasteiger partial charge in [-0.1, -0.05) is 0 Å². The molecule has 0 aliphatic rings. The summed E-state index contributed by atoms with van der Waals surface area (Å²) in [7, 11) is 4.13. The molecule has 0 fully saturated rings. The van der Waals surface area contributed by atoms with Crippen molar-refractivity contribution in [1.29, 1.82) is 0 Å². The average Bonchev–Trinajstić information content (AvgIpc) is 2.79. The minimum absolute atomic E-state index is 0.0638. The van der Waals surface area contributed by atoms with Gasteiger partial charge in [0.2, 0.25) is 0 Å². The lowest BCUT2D eigenvalue weighted by Crippen LogP contribution is -2.31. The smallest absolute Gasteiger partial charge is 0.0727 e. The molecule has 1 unspecified atom stereocenters. The van der Waals surface area contributed by atoms with Crippen molar-refractivity contribution in [3.63, 3.8) is 0 Å². The zero-order chi connectivity index (χ0) is 13.4. The molecule has 104 valence electrons. The third-order valence-electron chi connectivity index (χ3n) is 2.82. The van der Waals surface area contributed by atoms with Gasteiger partial charge < -0.3 is 20.1 Å². The maximum Gasteiger partial charge on any atom is 0.0727 e. The molecule has 0 saturated heterocycles. The average molecular weight is 256 g/mol. The molecule has 0 saturated carbocycles. The van der Waals surface area contributed by atoms with Crippen molar-refractivity contribution in [2.24, 2.45) is 0 Å². The number of anilines is 1. The standard InChI is InChI=1S/C12H24N4O2/c1-11(15(2)3)8-13-12-9-14-16(10-12)4-6-18-7-5-17/h9-11,13,17H,4-8H2,1-3H3. The minimum Gasteiger partial charge on any atom is -0.394 e. The Bertz CT molecular complexity index is 328. The van der Waals surface area contributed by atoms with E-state index in [9.17, 15) is 0 Å². The van der Waals surface area contributed by atoms with E-state index in [4.69, 9.17) is 9.84 Å². The molecule has 0 bridgehead atoms. The molecule has 1 rings (SSSR count). The van der Waals surface area contributed by atoms with E-state index >= 15 is 0 Å². The molecule has 0 aliphatic heterocycles. The summed E-state index contributed by atoms with van der Waals surface area (Å²) < 4.78 is 7.02. The number of nitrogens with zero attached hydrogens (tertiary/aromatic N) is 3. The van der Waals surface area contributed by atoms with E-state index in [-0.39, 0.29) is 6.61 Å². The van der Waals surface area contributed by atoms with E-state index in [1.54, 1.807) is 0 Å². The van der Waals surface area contributed by atoms with Crippen molar-refractivity contribution in [1.82, 2.24) is 14.7 Å². The Morgan fingerprint density at radius 2 is 2.28 bits per heavy atom. The van der Waals surface area contributed by atoms with Gasteiger partial charge in [-0.2, -0.15) is 5.10 Å². The fourth-order valence-corrected chi connectivity index (χ4v) is 1.35. The van der Waals surface area contributed by atoms with Crippen molar-refractivity contribution < 1.29 is 9.84 Å². The first kappa shape index (κ1) is 14.9. The van der Waals surface area contributed by atoms with Gasteiger partial charge in [-0.05, 0) is 21.0 Å². The van der Waals surface area contributed by atoms with Gasteiger partial charge in [0.25, 0.3) is 0 Å². The van der Waals surface area contributed by atoms with Crippen molar-refractivity contribution in [2.45, 2.75) is 19.5 Å². The lowest BCUT2D eigenvalue weighted by molar-refractivity contribution is 0.0854. The molecule has 1 heterocycles. The number of hydrogen-bond acceptors (Lipinski definition) is 5. The fourth-order valence-electron chi connectivity index (χ4n) is 1.35. The second kappa shape index (κ2) is 8.07. The van der Waals surface area contributed by atoms with Crippen LogP contribution >= 0.6 is 0 Å². The second-order valence-electron chi connectivity index (χ2n) is 4.52. The van der Waals surface area contributed by atoms with Crippen molar-refractivity contribution in [2.75, 3.05) is 45.8 Å². The molecule has 2 N–H and O–H groups in total. The molecule has 18 heavy (non-hydrogen) atoms. The van der Waals surface area contributed by atoms with E-state index in [0.717, 1.165) is 12.2 Å². The topological polar surface area (TPSA) is 62.6 Å². The molecule has 6 nitrogen and oxygen atoms in total. The summed E-state index contributed by atoms with van der Waals surface area (Å²) >= 11 is 0. The molecular formula is C12H24N4O2. The van der Waals surface area contributed by atoms with E-state index in [0.29, 0.717) is 25.8 Å². The highest BCUT2D eigenvalue weighted by molar-refractivity contribution is 5.38. The molecule has 1 aromatic rings. The normalized spacial score (nSPS) is 12.9. The summed E-state index contributed by atoms with van der Waals surface area (Å²) in [5, 5.41) is 16.1. The highest BCUT2D eigenvalue weighted by Crippen LogP contribution is 2.05. The number of nitrogens with one attached hydrogen (secondary N) is 1. The van der Waals surface area contributed by atoms with E-state index < -0.39 is 0 Å². The third-order valence-corrected chi connectivity index (χ3v) is 2.82. The Balaban J connectivity index is 2.25. The van der Waals surface area contributed by atoms with E-state index in [1.807, 2.05) is 17.1 Å². The molecule has 0 aromatic carbocycles. The first-order valence-electron chi connectivity index (χ1n) is 6.25. The second-order valence-corrected chi connectivity index (χ2v) is 4.52. The number of aromatic nitrogens is 2. The van der Waals surface area contributed by atoms with Crippen LogP contribution in [0, 0.1) is 0 Å². The highest BCUT2D eigenvalue weighted by atomic mass is 16.5. The summed E-state index contributed by atoms with van der Waals surface area (Å²) in [6.45, 7) is 4.77. The van der Waals surface area contributed by atoms with Crippen LogP contribution in [0.3, 0.4) is 0 Å². The summed E-state index contributed by atoms with van der Waals surface area (Å²) in [6.07, 6.45) is 3.78. The quantitative estimate of drug-likeness (QED) is 0.620. The van der Waals surface area contributed by atoms with Gasteiger partial charge in [-0.15, -0.1) is 0 Å². The highest BCUT2D eigenvalue weighted by Gasteiger charge is 2.04. The van der Waals surface area contributed by atoms with Gasteiger partial charge in [0.05, 0.1) is 38.2 Å². The Labute approximate surface area is 109 Å². The molecule has 0 spiro atoms. The summed E-state index contributed by atoms with van der Waals surface area (Å²) in [4.78, 5) is 2.17. The number of rotatable bonds is 9. The van der Waals surface area contributed by atoms with Crippen LogP contribution in [-0.2, 0) is 11.3 Å². The van der Waals surface area contributed by atoms with Gasteiger partial charge in [0, 0.05) is 18.8 Å². The number of hydrogen-bond donors (Lipinski definition) is 2. The maximum atomic E-state index is 8.57. The zero-order valence-electron chi connectivity index (χ0n) is 11.5. The molecule has 0 amide bonds. The minimum atomic E-state index is 0.0638. The van der Waals surface area contributed by atoms with Gasteiger partial charge in [-0.3, -0.25) is 4.68 Å². The molecule has 0 aliphatic carbocycles. The number of aliphatic hydroxyl groups is 1. The zero-order valence-corrected chi connectivity index (χ0v) is 11.5. The Hall–Kier alpha value is -1.11. The maximum absolute atomic E-state index is 8.57. The molecule has 6 heteroatoms. The van der Waals surface area contributed by atoms with Gasteiger partial charge in [-0.25, -0.2) is 0 Å². The molecule has 0 radical (unpaired) electrons. The Morgan fingerprint density at radius 1 is 1.50 bits per heavy atom. The van der Waals surface area contributed by atoms with E-state index in [2.05, 4.69) is 36.3 Å². The van der Waals surface area contributed by atoms with Crippen LogP contribution in [0.2, 0.25) is 0 Å². The lowest BCUT2D eigenvalue weighted by atomic mass is 10.3. The predicted molar refractivity (Wildman–Crippen MR) is 71.8 cm³/mol. The number of aliphatic hydroxyl groups excluding tert-OH is 1. The Kier molecular flexibility index (Phi) is 6.70. The monoisotopic (exact) mass is 256 g/mol. The molecule has 1 atom stereocenters. The van der Waals surface area contributed by atoms with E-state index in [1.165, 1.54) is 0 Å². The van der Waals surface area contributed by atoms with Crippen LogP contribution in [0.15, 0.2) is 12.4 Å². The lowest BCUT2D eigenvalue weighted by Gasteiger charge is -2.19. The van der Waals surface area contributed by atoms with Crippen molar-refractivity contribution in [3.8, 4) is 0 Å². The van der Waals surface area contributed by atoms with Crippen molar-refractivity contribution >= 4 is 5.69 Å². The summed E-state index contributed by atoms with van der Waals surface area (Å²) in [6, 6.07) is 0.473. The van der Waals surface area contributed by atoms with Crippen LogP contribution in [0.25, 0.3) is 0 Å². The van der Waals surface area contributed by atoms with Crippen LogP contribution in [0.4, 0.5) is 5.69 Å². The summed E-state index contributed by atoms with van der Waals surface area (Å²) in [5.74, 6) is 0. The largest absolute Gasteiger partial charge is 0.394 e. The molecule has 1 aromatic heterocycles. The van der Waals surface area contributed by atoms with Crippen LogP contribution in [-0.4, -0.2) is 66.3 Å². The Morgan fingerprint density at radius 3 is 2.94 bits per heavy atom. The fraction of sp³-hybridized carbons (Fsp3) is 0.750. The predicted octanol–water partition coefficient (Wildman–Crippen LogP) is 0.254. The molecular weight excluding hydrogens is 232 g/mol. The van der Waals surface area contributed by atoms with Crippen molar-refractivity contribution in [3.05, 3.63) is 12.4 Å². The summed E-state index contributed by atoms with van der Waals surface area (Å²) in [5.41, 5.74) is 1.02. The number of ether oxygens (including phenoxy) is 1. The SMILES string of the molecule is CC(CNc1cnn(CCOCCO)c1)N(C)C. The first-order chi connectivity index (χ1) is 8.63. The number of likely N-dealkylation sites (N-methyl/N-ethyl adjacent to an activating group) is 1. The van der Waals surface area contributed by atoms with Gasteiger partial charge in [0.1, 0.15) is 0 Å².